The number of imide groups is 1. The first kappa shape index (κ1) is 17.7. The van der Waals surface area contributed by atoms with Gasteiger partial charge in [-0.3, -0.25) is 19.9 Å². The Balaban J connectivity index is 1.85. The average Bonchev–Trinajstić information content (AvgIpc) is 2.99. The second kappa shape index (κ2) is 7.03. The summed E-state index contributed by atoms with van der Waals surface area (Å²) in [4.78, 5) is 44.3. The van der Waals surface area contributed by atoms with Gasteiger partial charge < -0.3 is 19.9 Å². The average molecular weight is 359 g/mol. The summed E-state index contributed by atoms with van der Waals surface area (Å²) in [6.07, 6.45) is -0.565. The highest BCUT2D eigenvalue weighted by Crippen LogP contribution is 2.21. The van der Waals surface area contributed by atoms with Crippen molar-refractivity contribution in [3.05, 3.63) is 29.8 Å². The van der Waals surface area contributed by atoms with Crippen LogP contribution in [-0.4, -0.2) is 72.9 Å². The van der Waals surface area contributed by atoms with Crippen LogP contribution in [0.3, 0.4) is 0 Å². The van der Waals surface area contributed by atoms with E-state index in [0.717, 1.165) is 0 Å². The van der Waals surface area contributed by atoms with Crippen molar-refractivity contribution < 1.29 is 19.1 Å². The number of likely N-dealkylation sites (N-methyl/N-ethyl adjacent to an activating group) is 1. The summed E-state index contributed by atoms with van der Waals surface area (Å²) in [5, 5.41) is 5.38. The lowest BCUT2D eigenvalue weighted by Gasteiger charge is -2.35. The van der Waals surface area contributed by atoms with E-state index in [1.807, 2.05) is 6.92 Å². The maximum absolute atomic E-state index is 12.7. The molecular formula is C17H21N5O4. The third-order valence-corrected chi connectivity index (χ3v) is 4.45. The van der Waals surface area contributed by atoms with Crippen molar-refractivity contribution >= 4 is 23.7 Å². The molecule has 2 aliphatic heterocycles. The zero-order chi connectivity index (χ0) is 18.8. The van der Waals surface area contributed by atoms with Crippen LogP contribution in [-0.2, 0) is 4.79 Å². The SMILES string of the molecule is CCN=C1NC2C(C(=O)NC(=O)N2C)N1CC(=O)c1ccc(OC)cc1. The molecule has 0 aliphatic carbocycles. The lowest BCUT2D eigenvalue weighted by atomic mass is 10.1. The molecule has 3 amide bonds. The molecule has 26 heavy (non-hydrogen) atoms. The van der Waals surface area contributed by atoms with Crippen molar-refractivity contribution in [3.8, 4) is 5.75 Å². The molecule has 2 aliphatic rings. The fourth-order valence-electron chi connectivity index (χ4n) is 3.07. The van der Waals surface area contributed by atoms with Crippen LogP contribution < -0.4 is 15.4 Å². The molecule has 2 N–H and O–H groups in total. The van der Waals surface area contributed by atoms with E-state index in [4.69, 9.17) is 4.74 Å². The van der Waals surface area contributed by atoms with Crippen molar-refractivity contribution in [2.45, 2.75) is 19.1 Å². The predicted octanol–water partition coefficient (Wildman–Crippen LogP) is 0.0353. The molecule has 9 heteroatoms. The summed E-state index contributed by atoms with van der Waals surface area (Å²) in [6.45, 7) is 2.30. The Bertz CT molecular complexity index is 761. The number of aliphatic imine (C=N–C) groups is 1. The summed E-state index contributed by atoms with van der Waals surface area (Å²) in [5.41, 5.74) is 0.505. The molecule has 3 rings (SSSR count). The van der Waals surface area contributed by atoms with Gasteiger partial charge in [0, 0.05) is 19.2 Å². The van der Waals surface area contributed by atoms with Gasteiger partial charge in [0.25, 0.3) is 5.91 Å². The van der Waals surface area contributed by atoms with E-state index in [1.54, 1.807) is 43.3 Å². The maximum Gasteiger partial charge on any atom is 0.325 e. The molecule has 1 aromatic carbocycles. The smallest absolute Gasteiger partial charge is 0.325 e. The molecule has 2 unspecified atom stereocenters. The first-order valence-corrected chi connectivity index (χ1v) is 8.28. The Hall–Kier alpha value is -3.10. The Kier molecular flexibility index (Phi) is 4.79. The van der Waals surface area contributed by atoms with Crippen LogP contribution >= 0.6 is 0 Å². The number of hydrogen-bond donors (Lipinski definition) is 2. The number of benzene rings is 1. The largest absolute Gasteiger partial charge is 0.497 e. The highest BCUT2D eigenvalue weighted by Gasteiger charge is 2.50. The number of ketones is 1. The van der Waals surface area contributed by atoms with E-state index in [0.29, 0.717) is 23.8 Å². The van der Waals surface area contributed by atoms with Crippen molar-refractivity contribution in [1.29, 1.82) is 0 Å². The lowest BCUT2D eigenvalue weighted by Crippen LogP contribution is -2.65. The Morgan fingerprint density at radius 1 is 1.27 bits per heavy atom. The zero-order valence-electron chi connectivity index (χ0n) is 14.9. The van der Waals surface area contributed by atoms with E-state index in [-0.39, 0.29) is 12.3 Å². The number of urea groups is 1. The minimum absolute atomic E-state index is 0.0330. The highest BCUT2D eigenvalue weighted by atomic mass is 16.5. The number of Topliss-reactive ketones (excluding diaryl/α,β-unsaturated/α-hetero) is 1. The van der Waals surface area contributed by atoms with Gasteiger partial charge in [-0.15, -0.1) is 0 Å². The molecule has 1 aromatic rings. The number of carbonyl (C=O) groups is 3. The number of nitrogens with one attached hydrogen (secondary N) is 2. The molecule has 0 bridgehead atoms. The summed E-state index contributed by atoms with van der Waals surface area (Å²) < 4.78 is 5.10. The van der Waals surface area contributed by atoms with Crippen LogP contribution in [0.1, 0.15) is 17.3 Å². The van der Waals surface area contributed by atoms with Crippen LogP contribution in [0.5, 0.6) is 5.75 Å². The van der Waals surface area contributed by atoms with Crippen LogP contribution in [0.25, 0.3) is 0 Å². The fourth-order valence-corrected chi connectivity index (χ4v) is 3.07. The number of methoxy groups -OCH3 is 1. The Morgan fingerprint density at radius 2 is 1.96 bits per heavy atom. The van der Waals surface area contributed by atoms with E-state index < -0.39 is 24.1 Å². The quantitative estimate of drug-likeness (QED) is 0.720. The van der Waals surface area contributed by atoms with Crippen LogP contribution in [0, 0.1) is 0 Å². The van der Waals surface area contributed by atoms with Crippen LogP contribution in [0.15, 0.2) is 29.3 Å². The summed E-state index contributed by atoms with van der Waals surface area (Å²) in [7, 11) is 3.14. The third-order valence-electron chi connectivity index (χ3n) is 4.45. The van der Waals surface area contributed by atoms with Crippen molar-refractivity contribution in [2.24, 2.45) is 4.99 Å². The van der Waals surface area contributed by atoms with Gasteiger partial charge in [-0.1, -0.05) is 0 Å². The number of amides is 3. The molecule has 0 saturated carbocycles. The normalized spacial score (nSPS) is 23.6. The molecule has 2 saturated heterocycles. The standard InChI is InChI=1S/C17H21N5O4/c1-4-18-16-19-14-13(15(24)20-17(25)21(14)2)22(16)9-12(23)10-5-7-11(26-3)8-6-10/h5-8,13-14H,4,9H2,1-3H3,(H,18,19)(H,20,24,25). The molecule has 9 nitrogen and oxygen atoms in total. The minimum atomic E-state index is -0.717. The molecule has 0 aromatic heterocycles. The van der Waals surface area contributed by atoms with E-state index in [1.165, 1.54) is 4.90 Å². The maximum atomic E-state index is 12.7. The number of fused-ring (bicyclic) bond motifs is 1. The van der Waals surface area contributed by atoms with Crippen LogP contribution in [0.4, 0.5) is 4.79 Å². The van der Waals surface area contributed by atoms with E-state index >= 15 is 0 Å². The number of ether oxygens (including phenoxy) is 1. The number of nitrogens with zero attached hydrogens (tertiary/aromatic N) is 3. The molecule has 2 fully saturated rings. The molecule has 138 valence electrons. The van der Waals surface area contributed by atoms with Crippen molar-refractivity contribution in [3.63, 3.8) is 0 Å². The second-order valence-corrected chi connectivity index (χ2v) is 6.02. The molecule has 0 radical (unpaired) electrons. The van der Waals surface area contributed by atoms with Gasteiger partial charge >= 0.3 is 6.03 Å². The van der Waals surface area contributed by atoms with Gasteiger partial charge in [0.05, 0.1) is 13.7 Å². The summed E-state index contributed by atoms with van der Waals surface area (Å²) in [5.74, 6) is 0.478. The lowest BCUT2D eigenvalue weighted by molar-refractivity contribution is -0.126. The summed E-state index contributed by atoms with van der Waals surface area (Å²) in [6, 6.07) is 5.57. The fraction of sp³-hybridized carbons (Fsp3) is 0.412. The first-order chi connectivity index (χ1) is 12.5. The first-order valence-electron chi connectivity index (χ1n) is 8.28. The van der Waals surface area contributed by atoms with E-state index in [9.17, 15) is 14.4 Å². The molecule has 0 spiro atoms. The summed E-state index contributed by atoms with van der Waals surface area (Å²) >= 11 is 0. The zero-order valence-corrected chi connectivity index (χ0v) is 14.9. The molecular weight excluding hydrogens is 338 g/mol. The monoisotopic (exact) mass is 359 g/mol. The van der Waals surface area contributed by atoms with Gasteiger partial charge in [0.1, 0.15) is 11.9 Å². The van der Waals surface area contributed by atoms with Crippen LogP contribution in [0.2, 0.25) is 0 Å². The third kappa shape index (κ3) is 3.07. The number of guanidine groups is 1. The van der Waals surface area contributed by atoms with Gasteiger partial charge in [-0.05, 0) is 31.2 Å². The molecule has 2 heterocycles. The number of rotatable bonds is 5. The molecule has 2 atom stereocenters. The predicted molar refractivity (Wildman–Crippen MR) is 94.0 cm³/mol. The van der Waals surface area contributed by atoms with Crippen molar-refractivity contribution in [2.75, 3.05) is 27.2 Å². The van der Waals surface area contributed by atoms with Crippen molar-refractivity contribution in [1.82, 2.24) is 20.4 Å². The van der Waals surface area contributed by atoms with E-state index in [2.05, 4.69) is 15.6 Å². The van der Waals surface area contributed by atoms with Gasteiger partial charge in [0.15, 0.2) is 17.8 Å². The highest BCUT2D eigenvalue weighted by molar-refractivity contribution is 6.06. The van der Waals surface area contributed by atoms with Gasteiger partial charge in [-0.2, -0.15) is 0 Å². The number of hydrogen-bond acceptors (Lipinski definition) is 5. The Labute approximate surface area is 151 Å². The van der Waals surface area contributed by atoms with Gasteiger partial charge in [0.2, 0.25) is 0 Å². The minimum Gasteiger partial charge on any atom is -0.497 e. The van der Waals surface area contributed by atoms with Gasteiger partial charge in [-0.25, -0.2) is 4.79 Å². The number of carbonyl (C=O) groups excluding carboxylic acids is 3. The topological polar surface area (TPSA) is 103 Å². The second-order valence-electron chi connectivity index (χ2n) is 6.02. The Morgan fingerprint density at radius 3 is 2.58 bits per heavy atom.